The highest BCUT2D eigenvalue weighted by Gasteiger charge is 2.29. The molecule has 3 rings (SSSR count). The lowest BCUT2D eigenvalue weighted by molar-refractivity contribution is 0.268. The van der Waals surface area contributed by atoms with Crippen LogP contribution >= 0.6 is 0 Å². The van der Waals surface area contributed by atoms with Gasteiger partial charge in [-0.3, -0.25) is 0 Å². The van der Waals surface area contributed by atoms with Crippen LogP contribution in [0.1, 0.15) is 30.9 Å². The van der Waals surface area contributed by atoms with E-state index < -0.39 is 10.0 Å². The molecule has 1 aromatic rings. The van der Waals surface area contributed by atoms with Crippen molar-refractivity contribution in [3.63, 3.8) is 0 Å². The molecule has 18 heavy (non-hydrogen) atoms. The van der Waals surface area contributed by atoms with Crippen molar-refractivity contribution in [1.29, 1.82) is 0 Å². The van der Waals surface area contributed by atoms with E-state index in [0.29, 0.717) is 18.8 Å². The van der Waals surface area contributed by atoms with Gasteiger partial charge in [0.2, 0.25) is 10.0 Å². The first kappa shape index (κ1) is 12.0. The van der Waals surface area contributed by atoms with Gasteiger partial charge in [-0.25, -0.2) is 13.1 Å². The normalized spacial score (nSPS) is 23.3. The van der Waals surface area contributed by atoms with Gasteiger partial charge in [0.25, 0.3) is 0 Å². The van der Waals surface area contributed by atoms with E-state index >= 15 is 0 Å². The Bertz CT molecular complexity index is 567. The van der Waals surface area contributed by atoms with Crippen LogP contribution in [-0.2, 0) is 10.0 Å². The minimum absolute atomic E-state index is 0.107. The quantitative estimate of drug-likeness (QED) is 0.853. The summed E-state index contributed by atoms with van der Waals surface area (Å²) in [5.74, 6) is 0.694. The topological polar surface area (TPSA) is 81.4 Å². The van der Waals surface area contributed by atoms with Gasteiger partial charge in [0, 0.05) is 24.1 Å². The number of nitrogens with two attached hydrogens (primary N) is 1. The molecule has 98 valence electrons. The maximum absolute atomic E-state index is 12.1. The van der Waals surface area contributed by atoms with Crippen molar-refractivity contribution >= 4 is 10.0 Å². The van der Waals surface area contributed by atoms with Crippen molar-refractivity contribution in [2.45, 2.75) is 36.2 Å². The molecule has 0 aromatic heterocycles. The second-order valence-corrected chi connectivity index (χ2v) is 6.55. The lowest BCUT2D eigenvalue weighted by Crippen LogP contribution is -2.27. The zero-order chi connectivity index (χ0) is 12.8. The van der Waals surface area contributed by atoms with Gasteiger partial charge in [0.15, 0.2) is 0 Å². The van der Waals surface area contributed by atoms with Gasteiger partial charge >= 0.3 is 0 Å². The molecule has 1 heterocycles. The number of ether oxygens (including phenoxy) is 1. The van der Waals surface area contributed by atoms with Crippen LogP contribution in [0.3, 0.4) is 0 Å². The Morgan fingerprint density at radius 3 is 2.78 bits per heavy atom. The van der Waals surface area contributed by atoms with E-state index in [0.717, 1.165) is 18.4 Å². The minimum atomic E-state index is -3.42. The van der Waals surface area contributed by atoms with Crippen molar-refractivity contribution in [3.05, 3.63) is 23.8 Å². The van der Waals surface area contributed by atoms with Gasteiger partial charge in [-0.15, -0.1) is 0 Å². The largest absolute Gasteiger partial charge is 0.493 e. The van der Waals surface area contributed by atoms with E-state index in [1.165, 1.54) is 0 Å². The van der Waals surface area contributed by atoms with Gasteiger partial charge in [0.1, 0.15) is 5.75 Å². The summed E-state index contributed by atoms with van der Waals surface area (Å²) in [7, 11) is -3.42. The van der Waals surface area contributed by atoms with Crippen LogP contribution in [0.2, 0.25) is 0 Å². The van der Waals surface area contributed by atoms with E-state index in [-0.39, 0.29) is 17.0 Å². The number of nitrogens with one attached hydrogen (secondary N) is 1. The lowest BCUT2D eigenvalue weighted by Gasteiger charge is -2.23. The smallest absolute Gasteiger partial charge is 0.240 e. The summed E-state index contributed by atoms with van der Waals surface area (Å²) in [5.41, 5.74) is 6.75. The monoisotopic (exact) mass is 268 g/mol. The van der Waals surface area contributed by atoms with Crippen molar-refractivity contribution in [2.75, 3.05) is 6.61 Å². The molecule has 1 atom stereocenters. The third-order valence-electron chi connectivity index (χ3n) is 3.28. The fourth-order valence-electron chi connectivity index (χ4n) is 2.05. The number of benzene rings is 1. The molecule has 5 nitrogen and oxygen atoms in total. The fraction of sp³-hybridized carbons (Fsp3) is 0.500. The predicted octanol–water partition coefficient (Wildman–Crippen LogP) is 0.910. The van der Waals surface area contributed by atoms with Crippen molar-refractivity contribution < 1.29 is 13.2 Å². The van der Waals surface area contributed by atoms with Crippen LogP contribution < -0.4 is 15.2 Å². The summed E-state index contributed by atoms with van der Waals surface area (Å²) in [6.45, 7) is 0.584. The van der Waals surface area contributed by atoms with Crippen molar-refractivity contribution in [2.24, 2.45) is 5.73 Å². The van der Waals surface area contributed by atoms with Crippen molar-refractivity contribution in [1.82, 2.24) is 4.72 Å². The Morgan fingerprint density at radius 1 is 1.28 bits per heavy atom. The molecule has 1 aromatic carbocycles. The van der Waals surface area contributed by atoms with Gasteiger partial charge in [0.05, 0.1) is 11.5 Å². The molecule has 0 saturated heterocycles. The van der Waals surface area contributed by atoms with E-state index in [1.807, 2.05) is 0 Å². The van der Waals surface area contributed by atoms with E-state index in [1.54, 1.807) is 18.2 Å². The van der Waals surface area contributed by atoms with Crippen LogP contribution in [0.5, 0.6) is 5.75 Å². The first-order valence-electron chi connectivity index (χ1n) is 6.11. The first-order chi connectivity index (χ1) is 8.56. The van der Waals surface area contributed by atoms with Crippen molar-refractivity contribution in [3.8, 4) is 5.75 Å². The predicted molar refractivity (Wildman–Crippen MR) is 66.8 cm³/mol. The molecule has 2 aliphatic rings. The molecule has 1 aliphatic heterocycles. The van der Waals surface area contributed by atoms with Crippen LogP contribution in [0.25, 0.3) is 0 Å². The zero-order valence-corrected chi connectivity index (χ0v) is 10.7. The first-order valence-corrected chi connectivity index (χ1v) is 7.59. The summed E-state index contributed by atoms with van der Waals surface area (Å²) < 4.78 is 32.3. The molecule has 0 bridgehead atoms. The molecule has 1 aliphatic carbocycles. The Labute approximate surface area is 106 Å². The molecule has 6 heteroatoms. The van der Waals surface area contributed by atoms with Gasteiger partial charge in [-0.2, -0.15) is 0 Å². The minimum Gasteiger partial charge on any atom is -0.493 e. The van der Waals surface area contributed by atoms with Gasteiger partial charge in [-0.05, 0) is 31.0 Å². The third-order valence-corrected chi connectivity index (χ3v) is 4.79. The molecule has 0 amide bonds. The van der Waals surface area contributed by atoms with Crippen LogP contribution in [0.15, 0.2) is 23.1 Å². The lowest BCUT2D eigenvalue weighted by atomic mass is 10.0. The summed E-state index contributed by atoms with van der Waals surface area (Å²) >= 11 is 0. The molecule has 3 N–H and O–H groups in total. The highest BCUT2D eigenvalue weighted by molar-refractivity contribution is 7.89. The highest BCUT2D eigenvalue weighted by Crippen LogP contribution is 2.32. The molecular weight excluding hydrogens is 252 g/mol. The Morgan fingerprint density at radius 2 is 2.06 bits per heavy atom. The number of rotatable bonds is 3. The van der Waals surface area contributed by atoms with Crippen LogP contribution in [0.4, 0.5) is 0 Å². The van der Waals surface area contributed by atoms with E-state index in [2.05, 4.69) is 4.72 Å². The molecule has 0 spiro atoms. The third kappa shape index (κ3) is 2.23. The van der Waals surface area contributed by atoms with Crippen LogP contribution in [-0.4, -0.2) is 21.1 Å². The molecule has 1 fully saturated rings. The van der Waals surface area contributed by atoms with E-state index in [4.69, 9.17) is 10.5 Å². The maximum Gasteiger partial charge on any atom is 0.240 e. The molecule has 1 unspecified atom stereocenters. The van der Waals surface area contributed by atoms with E-state index in [9.17, 15) is 8.42 Å². The second kappa shape index (κ2) is 4.22. The summed E-state index contributed by atoms with van der Waals surface area (Å²) in [6, 6.07) is 4.85. The maximum atomic E-state index is 12.1. The summed E-state index contributed by atoms with van der Waals surface area (Å²) in [4.78, 5) is 0.272. The van der Waals surface area contributed by atoms with Gasteiger partial charge < -0.3 is 10.5 Å². The average Bonchev–Trinajstić information content (AvgIpc) is 3.12. The summed E-state index contributed by atoms with van der Waals surface area (Å²) in [5, 5.41) is 0. The Hall–Kier alpha value is -1.11. The zero-order valence-electron chi connectivity index (χ0n) is 9.93. The Balaban J connectivity index is 1.95. The molecular formula is C12H16N2O3S. The average molecular weight is 268 g/mol. The Kier molecular flexibility index (Phi) is 2.80. The second-order valence-electron chi connectivity index (χ2n) is 4.84. The summed E-state index contributed by atoms with van der Waals surface area (Å²) in [6.07, 6.45) is 2.56. The SMILES string of the molecule is NC1CCOc2ccc(S(=O)(=O)NC3CC3)cc21. The number of fused-ring (bicyclic) bond motifs is 1. The number of hydrogen-bond acceptors (Lipinski definition) is 4. The number of sulfonamides is 1. The van der Waals surface area contributed by atoms with Gasteiger partial charge in [-0.1, -0.05) is 0 Å². The highest BCUT2D eigenvalue weighted by atomic mass is 32.2. The van der Waals surface area contributed by atoms with Crippen LogP contribution in [0, 0.1) is 0 Å². The molecule has 1 saturated carbocycles. The molecule has 0 radical (unpaired) electrons. The fourth-order valence-corrected chi connectivity index (χ4v) is 3.39. The standard InChI is InChI=1S/C12H16N2O3S/c13-11-5-6-17-12-4-3-9(7-10(11)12)18(15,16)14-8-1-2-8/h3-4,7-8,11,14H,1-2,5-6,13H2. The number of hydrogen-bond donors (Lipinski definition) is 2.